The average Bonchev–Trinajstić information content (AvgIpc) is 2.27. The van der Waals surface area contributed by atoms with Gasteiger partial charge >= 0.3 is 0 Å². The van der Waals surface area contributed by atoms with Crippen molar-refractivity contribution in [2.24, 2.45) is 0 Å². The van der Waals surface area contributed by atoms with Crippen molar-refractivity contribution >= 4 is 23.2 Å². The Balaban J connectivity index is 1.88. The molecule has 16 heavy (non-hydrogen) atoms. The van der Waals surface area contributed by atoms with E-state index in [0.717, 1.165) is 38.2 Å². The molecule has 0 bridgehead atoms. The minimum absolute atomic E-state index is 0.548. The van der Waals surface area contributed by atoms with Crippen LogP contribution >= 0.6 is 23.2 Å². The van der Waals surface area contributed by atoms with Gasteiger partial charge in [0.2, 0.25) is 0 Å². The smallest absolute Gasteiger partial charge is 0.0480 e. The third-order valence-electron chi connectivity index (χ3n) is 2.74. The van der Waals surface area contributed by atoms with Gasteiger partial charge in [0.15, 0.2) is 0 Å². The summed E-state index contributed by atoms with van der Waals surface area (Å²) in [5, 5.41) is 4.88. The average molecular weight is 260 g/mol. The summed E-state index contributed by atoms with van der Waals surface area (Å²) in [6.07, 6.45) is 2.16. The molecule has 1 saturated heterocycles. The second-order valence-corrected chi connectivity index (χ2v) is 4.92. The third kappa shape index (κ3) is 3.63. The molecule has 0 aromatic heterocycles. The first-order valence-corrected chi connectivity index (χ1v) is 6.26. The van der Waals surface area contributed by atoms with E-state index in [9.17, 15) is 0 Å². The molecule has 2 rings (SSSR count). The Kier molecular flexibility index (Phi) is 4.47. The molecule has 1 aliphatic rings. The van der Waals surface area contributed by atoms with E-state index in [4.69, 9.17) is 27.9 Å². The summed E-state index contributed by atoms with van der Waals surface area (Å²) in [6.45, 7) is 2.52. The molecule has 0 saturated carbocycles. The summed E-state index contributed by atoms with van der Waals surface area (Å²) in [6, 6.07) is 6.19. The molecule has 0 aliphatic carbocycles. The third-order valence-corrected chi connectivity index (χ3v) is 3.17. The monoisotopic (exact) mass is 259 g/mol. The summed E-state index contributed by atoms with van der Waals surface area (Å²) in [7, 11) is 0. The fourth-order valence-corrected chi connectivity index (χ4v) is 2.45. The molecule has 0 atom stereocenters. The lowest BCUT2D eigenvalue weighted by atomic mass is 10.1. The summed E-state index contributed by atoms with van der Waals surface area (Å²) in [4.78, 5) is 0. The highest BCUT2D eigenvalue weighted by molar-refractivity contribution is 6.34. The van der Waals surface area contributed by atoms with E-state index < -0.39 is 0 Å². The highest BCUT2D eigenvalue weighted by atomic mass is 35.5. The van der Waals surface area contributed by atoms with Crippen molar-refractivity contribution < 1.29 is 4.74 Å². The Morgan fingerprint density at radius 3 is 2.38 bits per heavy atom. The normalized spacial score (nSPS) is 17.6. The zero-order valence-electron chi connectivity index (χ0n) is 9.01. The highest BCUT2D eigenvalue weighted by Gasteiger charge is 2.12. The highest BCUT2D eigenvalue weighted by Crippen LogP contribution is 2.19. The first-order valence-electron chi connectivity index (χ1n) is 5.50. The molecule has 1 fully saturated rings. The van der Waals surface area contributed by atoms with Gasteiger partial charge in [0.1, 0.15) is 0 Å². The van der Waals surface area contributed by atoms with Gasteiger partial charge in [0, 0.05) is 35.8 Å². The molecule has 1 N–H and O–H groups in total. The molecule has 0 spiro atoms. The van der Waals surface area contributed by atoms with Gasteiger partial charge in [-0.05, 0) is 36.6 Å². The molecular weight excluding hydrogens is 245 g/mol. The fraction of sp³-hybridized carbons (Fsp3) is 0.500. The Bertz CT molecular complexity index is 331. The van der Waals surface area contributed by atoms with Crippen LogP contribution in [-0.4, -0.2) is 19.3 Å². The molecule has 0 unspecified atom stereocenters. The zero-order valence-corrected chi connectivity index (χ0v) is 10.5. The van der Waals surface area contributed by atoms with Gasteiger partial charge in [-0.1, -0.05) is 23.2 Å². The van der Waals surface area contributed by atoms with E-state index in [-0.39, 0.29) is 0 Å². The number of ether oxygens (including phenoxy) is 1. The molecule has 1 aliphatic heterocycles. The number of nitrogens with one attached hydrogen (secondary N) is 1. The fourth-order valence-electron chi connectivity index (χ4n) is 1.88. The predicted molar refractivity (Wildman–Crippen MR) is 67.1 cm³/mol. The summed E-state index contributed by atoms with van der Waals surface area (Å²) in [5.41, 5.74) is 1.13. The molecule has 0 radical (unpaired) electrons. The topological polar surface area (TPSA) is 21.3 Å². The summed E-state index contributed by atoms with van der Waals surface area (Å²) >= 11 is 11.9. The van der Waals surface area contributed by atoms with Gasteiger partial charge in [0.05, 0.1) is 0 Å². The van der Waals surface area contributed by atoms with Crippen molar-refractivity contribution in [1.82, 2.24) is 5.32 Å². The predicted octanol–water partition coefficient (Wildman–Crippen LogP) is 3.26. The number of benzene rings is 1. The lowest BCUT2D eigenvalue weighted by Gasteiger charge is -2.23. The second-order valence-electron chi connectivity index (χ2n) is 4.05. The zero-order chi connectivity index (χ0) is 11.4. The maximum absolute atomic E-state index is 5.94. The SMILES string of the molecule is Clc1cc(Cl)cc(CNC2CCOCC2)c1. The largest absolute Gasteiger partial charge is 0.381 e. The van der Waals surface area contributed by atoms with Crippen LogP contribution in [0, 0.1) is 0 Å². The first kappa shape index (κ1) is 12.2. The van der Waals surface area contributed by atoms with E-state index in [1.54, 1.807) is 6.07 Å². The molecule has 2 nitrogen and oxygen atoms in total. The van der Waals surface area contributed by atoms with E-state index in [0.29, 0.717) is 16.1 Å². The van der Waals surface area contributed by atoms with Crippen LogP contribution in [0.3, 0.4) is 0 Å². The Morgan fingerprint density at radius 1 is 1.12 bits per heavy atom. The van der Waals surface area contributed by atoms with Gasteiger partial charge in [-0.3, -0.25) is 0 Å². The lowest BCUT2D eigenvalue weighted by Crippen LogP contribution is -2.34. The number of hydrogen-bond donors (Lipinski definition) is 1. The summed E-state index contributed by atoms with van der Waals surface area (Å²) < 4.78 is 5.31. The van der Waals surface area contributed by atoms with Crippen LogP contribution < -0.4 is 5.32 Å². The summed E-state index contributed by atoms with van der Waals surface area (Å²) in [5.74, 6) is 0. The Morgan fingerprint density at radius 2 is 1.75 bits per heavy atom. The number of hydrogen-bond acceptors (Lipinski definition) is 2. The van der Waals surface area contributed by atoms with Crippen molar-refractivity contribution in [1.29, 1.82) is 0 Å². The van der Waals surface area contributed by atoms with Crippen LogP contribution in [-0.2, 0) is 11.3 Å². The van der Waals surface area contributed by atoms with Crippen LogP contribution in [0.4, 0.5) is 0 Å². The molecule has 1 aromatic carbocycles. The van der Waals surface area contributed by atoms with E-state index in [1.807, 2.05) is 12.1 Å². The van der Waals surface area contributed by atoms with Crippen LogP contribution in [0.1, 0.15) is 18.4 Å². The molecule has 1 aromatic rings. The molecule has 0 amide bonds. The second kappa shape index (κ2) is 5.87. The van der Waals surface area contributed by atoms with Gasteiger partial charge in [-0.25, -0.2) is 0 Å². The van der Waals surface area contributed by atoms with E-state index in [1.165, 1.54) is 0 Å². The Labute approximate surface area is 106 Å². The minimum atomic E-state index is 0.548. The first-order chi connectivity index (χ1) is 7.74. The van der Waals surface area contributed by atoms with Gasteiger partial charge in [-0.2, -0.15) is 0 Å². The molecule has 88 valence electrons. The maximum atomic E-state index is 5.94. The lowest BCUT2D eigenvalue weighted by molar-refractivity contribution is 0.0776. The number of halogens is 2. The minimum Gasteiger partial charge on any atom is -0.381 e. The van der Waals surface area contributed by atoms with Crippen molar-refractivity contribution in [2.45, 2.75) is 25.4 Å². The van der Waals surface area contributed by atoms with Crippen LogP contribution in [0.25, 0.3) is 0 Å². The quantitative estimate of drug-likeness (QED) is 0.900. The van der Waals surface area contributed by atoms with Gasteiger partial charge in [-0.15, -0.1) is 0 Å². The molecule has 1 heterocycles. The number of rotatable bonds is 3. The maximum Gasteiger partial charge on any atom is 0.0480 e. The van der Waals surface area contributed by atoms with Crippen molar-refractivity contribution in [3.8, 4) is 0 Å². The van der Waals surface area contributed by atoms with Crippen molar-refractivity contribution in [3.63, 3.8) is 0 Å². The van der Waals surface area contributed by atoms with Crippen LogP contribution in [0.15, 0.2) is 18.2 Å². The molecule has 4 heteroatoms. The van der Waals surface area contributed by atoms with Crippen LogP contribution in [0.2, 0.25) is 10.0 Å². The standard InChI is InChI=1S/C12H15Cl2NO/c13-10-5-9(6-11(14)7-10)8-15-12-1-3-16-4-2-12/h5-7,12,15H,1-4,8H2. The van der Waals surface area contributed by atoms with Crippen LogP contribution in [0.5, 0.6) is 0 Å². The van der Waals surface area contributed by atoms with Crippen molar-refractivity contribution in [3.05, 3.63) is 33.8 Å². The van der Waals surface area contributed by atoms with E-state index >= 15 is 0 Å². The van der Waals surface area contributed by atoms with Crippen molar-refractivity contribution in [2.75, 3.05) is 13.2 Å². The molecular formula is C12H15Cl2NO. The van der Waals surface area contributed by atoms with Gasteiger partial charge in [0.25, 0.3) is 0 Å². The van der Waals surface area contributed by atoms with Gasteiger partial charge < -0.3 is 10.1 Å². The van der Waals surface area contributed by atoms with E-state index in [2.05, 4.69) is 5.32 Å². The Hall–Kier alpha value is -0.280.